The third-order valence-corrected chi connectivity index (χ3v) is 4.26. The molecule has 1 amide bonds. The van der Waals surface area contributed by atoms with Gasteiger partial charge in [0, 0.05) is 13.0 Å². The maximum absolute atomic E-state index is 11.1. The molecule has 1 N–H and O–H groups in total. The van der Waals surface area contributed by atoms with Gasteiger partial charge >= 0.3 is 0 Å². The molecule has 2 nitrogen and oxygen atoms in total. The first kappa shape index (κ1) is 6.93. The van der Waals surface area contributed by atoms with Crippen LogP contribution < -0.4 is 5.32 Å². The maximum atomic E-state index is 11.1. The summed E-state index contributed by atoms with van der Waals surface area (Å²) in [6, 6.07) is 0. The minimum absolute atomic E-state index is 0.292. The molecule has 2 saturated carbocycles. The smallest absolute Gasteiger partial charge is 0.220 e. The largest absolute Gasteiger partial charge is 0.356 e. The standard InChI is InChI=1S/C10H15NO/c12-9-5-10(6-11-9)4-7-2-1-3-8(7)10/h7-8H,1-6H2,(H,11,12). The van der Waals surface area contributed by atoms with Crippen molar-refractivity contribution in [2.45, 2.75) is 32.1 Å². The molecule has 2 heteroatoms. The second-order valence-electron chi connectivity index (χ2n) is 4.82. The van der Waals surface area contributed by atoms with Crippen LogP contribution in [0, 0.1) is 17.3 Å². The number of rotatable bonds is 0. The monoisotopic (exact) mass is 165 g/mol. The Morgan fingerprint density at radius 3 is 3.00 bits per heavy atom. The van der Waals surface area contributed by atoms with Crippen LogP contribution in [0.3, 0.4) is 0 Å². The van der Waals surface area contributed by atoms with Crippen molar-refractivity contribution in [2.24, 2.45) is 17.3 Å². The van der Waals surface area contributed by atoms with Gasteiger partial charge in [0.15, 0.2) is 0 Å². The van der Waals surface area contributed by atoms with Gasteiger partial charge in [-0.2, -0.15) is 0 Å². The number of hydrogen-bond acceptors (Lipinski definition) is 1. The summed E-state index contributed by atoms with van der Waals surface area (Å²) in [5.74, 6) is 2.18. The molecule has 0 radical (unpaired) electrons. The zero-order chi connectivity index (χ0) is 8.18. The lowest BCUT2D eigenvalue weighted by molar-refractivity contribution is -0.121. The Hall–Kier alpha value is -0.530. The maximum Gasteiger partial charge on any atom is 0.220 e. The summed E-state index contributed by atoms with van der Waals surface area (Å²) >= 11 is 0. The highest BCUT2D eigenvalue weighted by atomic mass is 16.1. The number of amides is 1. The van der Waals surface area contributed by atoms with E-state index in [9.17, 15) is 4.79 Å². The van der Waals surface area contributed by atoms with E-state index in [1.807, 2.05) is 0 Å². The van der Waals surface area contributed by atoms with E-state index in [1.54, 1.807) is 0 Å². The van der Waals surface area contributed by atoms with Crippen LogP contribution in [0.15, 0.2) is 0 Å². The lowest BCUT2D eigenvalue weighted by atomic mass is 9.54. The number of carbonyl (C=O) groups excluding carboxylic acids is 1. The van der Waals surface area contributed by atoms with E-state index in [0.29, 0.717) is 11.3 Å². The predicted octanol–water partition coefficient (Wildman–Crippen LogP) is 1.31. The third kappa shape index (κ3) is 0.686. The van der Waals surface area contributed by atoms with Crippen molar-refractivity contribution in [1.82, 2.24) is 5.32 Å². The van der Waals surface area contributed by atoms with Gasteiger partial charge in [0.2, 0.25) is 5.91 Å². The van der Waals surface area contributed by atoms with Crippen LogP contribution in [0.25, 0.3) is 0 Å². The highest BCUT2D eigenvalue weighted by molar-refractivity contribution is 5.79. The topological polar surface area (TPSA) is 29.1 Å². The molecule has 1 heterocycles. The average molecular weight is 165 g/mol. The number of fused-ring (bicyclic) bond motifs is 2. The quantitative estimate of drug-likeness (QED) is 0.576. The van der Waals surface area contributed by atoms with Crippen LogP contribution in [0.4, 0.5) is 0 Å². The van der Waals surface area contributed by atoms with E-state index in [0.717, 1.165) is 24.8 Å². The number of hydrogen-bond donors (Lipinski definition) is 1. The molecule has 0 aromatic carbocycles. The summed E-state index contributed by atoms with van der Waals surface area (Å²) in [5, 5.41) is 2.99. The van der Waals surface area contributed by atoms with E-state index < -0.39 is 0 Å². The molecule has 1 aliphatic heterocycles. The van der Waals surface area contributed by atoms with Gasteiger partial charge < -0.3 is 5.32 Å². The second-order valence-corrected chi connectivity index (χ2v) is 4.82. The fraction of sp³-hybridized carbons (Fsp3) is 0.900. The van der Waals surface area contributed by atoms with Gasteiger partial charge in [-0.1, -0.05) is 12.8 Å². The van der Waals surface area contributed by atoms with Gasteiger partial charge in [-0.25, -0.2) is 0 Å². The van der Waals surface area contributed by atoms with Crippen molar-refractivity contribution >= 4 is 5.91 Å². The molecule has 66 valence electrons. The Balaban J connectivity index is 1.82. The van der Waals surface area contributed by atoms with Crippen molar-refractivity contribution in [1.29, 1.82) is 0 Å². The number of carbonyl (C=O) groups is 1. The average Bonchev–Trinajstić information content (AvgIpc) is 2.55. The first-order valence-electron chi connectivity index (χ1n) is 5.07. The molecule has 3 aliphatic rings. The van der Waals surface area contributed by atoms with E-state index >= 15 is 0 Å². The molecule has 0 aromatic heterocycles. The molecule has 0 aromatic rings. The van der Waals surface area contributed by atoms with Gasteiger partial charge in [0.25, 0.3) is 0 Å². The molecule has 0 bridgehead atoms. The fourth-order valence-corrected chi connectivity index (χ4v) is 3.73. The van der Waals surface area contributed by atoms with Crippen LogP contribution in [-0.4, -0.2) is 12.5 Å². The normalized spacial score (nSPS) is 50.5. The molecule has 3 rings (SSSR count). The van der Waals surface area contributed by atoms with Crippen molar-refractivity contribution in [3.63, 3.8) is 0 Å². The second kappa shape index (κ2) is 2.04. The molecule has 3 unspecified atom stereocenters. The SMILES string of the molecule is O=C1CC2(CN1)CC1CCCC12. The summed E-state index contributed by atoms with van der Waals surface area (Å²) in [5.41, 5.74) is 0.429. The van der Waals surface area contributed by atoms with Crippen LogP contribution in [0.5, 0.6) is 0 Å². The fourth-order valence-electron chi connectivity index (χ4n) is 3.73. The molecule has 2 aliphatic carbocycles. The highest BCUT2D eigenvalue weighted by Crippen LogP contribution is 2.61. The molecular weight excluding hydrogens is 150 g/mol. The Morgan fingerprint density at radius 1 is 1.42 bits per heavy atom. The molecule has 3 atom stereocenters. The summed E-state index contributed by atoms with van der Waals surface area (Å²) in [6.45, 7) is 0.979. The number of nitrogens with one attached hydrogen (secondary N) is 1. The summed E-state index contributed by atoms with van der Waals surface area (Å²) < 4.78 is 0. The van der Waals surface area contributed by atoms with Gasteiger partial charge in [0.1, 0.15) is 0 Å². The Kier molecular flexibility index (Phi) is 1.18. The zero-order valence-corrected chi connectivity index (χ0v) is 7.31. The summed E-state index contributed by atoms with van der Waals surface area (Å²) in [6.07, 6.45) is 6.39. The Morgan fingerprint density at radius 2 is 2.33 bits per heavy atom. The molecule has 1 spiro atoms. The molecule has 3 fully saturated rings. The van der Waals surface area contributed by atoms with Gasteiger partial charge in [0.05, 0.1) is 0 Å². The van der Waals surface area contributed by atoms with E-state index in [4.69, 9.17) is 0 Å². The van der Waals surface area contributed by atoms with Crippen molar-refractivity contribution in [3.8, 4) is 0 Å². The molecular formula is C10H15NO. The first-order chi connectivity index (χ1) is 5.80. The zero-order valence-electron chi connectivity index (χ0n) is 7.31. The van der Waals surface area contributed by atoms with E-state index in [-0.39, 0.29) is 0 Å². The lowest BCUT2D eigenvalue weighted by Crippen LogP contribution is -2.46. The van der Waals surface area contributed by atoms with E-state index in [2.05, 4.69) is 5.32 Å². The van der Waals surface area contributed by atoms with Crippen LogP contribution in [-0.2, 0) is 4.79 Å². The summed E-state index contributed by atoms with van der Waals surface area (Å²) in [7, 11) is 0. The minimum Gasteiger partial charge on any atom is -0.356 e. The van der Waals surface area contributed by atoms with Gasteiger partial charge in [-0.3, -0.25) is 4.79 Å². The van der Waals surface area contributed by atoms with E-state index in [1.165, 1.54) is 25.7 Å². The van der Waals surface area contributed by atoms with Gasteiger partial charge in [-0.15, -0.1) is 0 Å². The minimum atomic E-state index is 0.292. The molecule has 12 heavy (non-hydrogen) atoms. The Labute approximate surface area is 72.7 Å². The summed E-state index contributed by atoms with van der Waals surface area (Å²) in [4.78, 5) is 11.1. The highest BCUT2D eigenvalue weighted by Gasteiger charge is 2.57. The van der Waals surface area contributed by atoms with Crippen molar-refractivity contribution < 1.29 is 4.79 Å². The van der Waals surface area contributed by atoms with Crippen molar-refractivity contribution in [3.05, 3.63) is 0 Å². The van der Waals surface area contributed by atoms with Gasteiger partial charge in [-0.05, 0) is 30.1 Å². The van der Waals surface area contributed by atoms with Crippen LogP contribution in [0.1, 0.15) is 32.1 Å². The predicted molar refractivity (Wildman–Crippen MR) is 45.5 cm³/mol. The lowest BCUT2D eigenvalue weighted by Gasteiger charge is -2.49. The van der Waals surface area contributed by atoms with Crippen LogP contribution >= 0.6 is 0 Å². The van der Waals surface area contributed by atoms with Crippen molar-refractivity contribution in [2.75, 3.05) is 6.54 Å². The van der Waals surface area contributed by atoms with Crippen LogP contribution in [0.2, 0.25) is 0 Å². The molecule has 1 saturated heterocycles. The Bertz CT molecular complexity index is 238. The third-order valence-electron chi connectivity index (χ3n) is 4.26. The first-order valence-corrected chi connectivity index (χ1v) is 5.07.